The summed E-state index contributed by atoms with van der Waals surface area (Å²) in [6, 6.07) is 7.85. The van der Waals surface area contributed by atoms with Crippen LogP contribution in [0.25, 0.3) is 0 Å². The Balaban J connectivity index is 1.75. The lowest BCUT2D eigenvalue weighted by atomic mass is 10.2. The fourth-order valence-electron chi connectivity index (χ4n) is 1.86. The van der Waals surface area contributed by atoms with Crippen molar-refractivity contribution < 1.29 is 14.2 Å². The van der Waals surface area contributed by atoms with Crippen molar-refractivity contribution in [1.82, 2.24) is 9.55 Å². The largest absolute Gasteiger partial charge is 0.497 e. The third-order valence-corrected chi connectivity index (χ3v) is 3.04. The van der Waals surface area contributed by atoms with E-state index in [9.17, 15) is 0 Å². The highest BCUT2D eigenvalue weighted by molar-refractivity contribution is 5.26. The van der Waals surface area contributed by atoms with Gasteiger partial charge < -0.3 is 18.8 Å². The number of aromatic nitrogens is 2. The SMILES string of the molecule is COc1ccc(COCC(Cn2ccnc2)OC)cc1. The molecule has 0 radical (unpaired) electrons. The first-order valence-electron chi connectivity index (χ1n) is 6.51. The van der Waals surface area contributed by atoms with Crippen LogP contribution in [-0.2, 0) is 22.6 Å². The molecule has 5 nitrogen and oxygen atoms in total. The molecule has 0 saturated carbocycles. The third kappa shape index (κ3) is 4.36. The van der Waals surface area contributed by atoms with Gasteiger partial charge in [0, 0.05) is 19.5 Å². The molecule has 1 atom stereocenters. The molecule has 1 aromatic carbocycles. The molecule has 1 heterocycles. The van der Waals surface area contributed by atoms with Crippen LogP contribution in [0.5, 0.6) is 5.75 Å². The second-order valence-electron chi connectivity index (χ2n) is 4.48. The van der Waals surface area contributed by atoms with Gasteiger partial charge in [-0.3, -0.25) is 0 Å². The highest BCUT2D eigenvalue weighted by Crippen LogP contribution is 2.12. The van der Waals surface area contributed by atoms with Crippen molar-refractivity contribution in [2.24, 2.45) is 0 Å². The fourth-order valence-corrected chi connectivity index (χ4v) is 1.86. The van der Waals surface area contributed by atoms with Gasteiger partial charge in [0.05, 0.1) is 39.3 Å². The number of hydrogen-bond donors (Lipinski definition) is 0. The van der Waals surface area contributed by atoms with Gasteiger partial charge in [0.1, 0.15) is 5.75 Å². The van der Waals surface area contributed by atoms with Crippen LogP contribution < -0.4 is 4.74 Å². The lowest BCUT2D eigenvalue weighted by molar-refractivity contribution is -0.00610. The Labute approximate surface area is 119 Å². The summed E-state index contributed by atoms with van der Waals surface area (Å²) in [7, 11) is 3.35. The maximum atomic E-state index is 5.70. The molecule has 0 bridgehead atoms. The summed E-state index contributed by atoms with van der Waals surface area (Å²) in [4.78, 5) is 4.01. The molecule has 0 fully saturated rings. The van der Waals surface area contributed by atoms with Crippen molar-refractivity contribution in [1.29, 1.82) is 0 Å². The van der Waals surface area contributed by atoms with Crippen LogP contribution >= 0.6 is 0 Å². The summed E-state index contributed by atoms with van der Waals surface area (Å²) >= 11 is 0. The first-order chi connectivity index (χ1) is 9.81. The normalized spacial score (nSPS) is 12.3. The van der Waals surface area contributed by atoms with Gasteiger partial charge in [-0.05, 0) is 17.7 Å². The molecular formula is C15H20N2O3. The molecule has 0 spiro atoms. The van der Waals surface area contributed by atoms with Crippen molar-refractivity contribution in [2.45, 2.75) is 19.3 Å². The van der Waals surface area contributed by atoms with Crippen molar-refractivity contribution in [3.8, 4) is 5.75 Å². The van der Waals surface area contributed by atoms with Gasteiger partial charge in [-0.2, -0.15) is 0 Å². The second-order valence-corrected chi connectivity index (χ2v) is 4.48. The zero-order chi connectivity index (χ0) is 14.2. The van der Waals surface area contributed by atoms with Crippen molar-refractivity contribution >= 4 is 0 Å². The molecule has 20 heavy (non-hydrogen) atoms. The Kier molecular flexibility index (Phi) is 5.58. The van der Waals surface area contributed by atoms with E-state index in [4.69, 9.17) is 14.2 Å². The zero-order valence-electron chi connectivity index (χ0n) is 11.9. The summed E-state index contributed by atoms with van der Waals surface area (Å²) in [6.45, 7) is 1.84. The lowest BCUT2D eigenvalue weighted by Gasteiger charge is -2.16. The van der Waals surface area contributed by atoms with Gasteiger partial charge in [-0.15, -0.1) is 0 Å². The summed E-state index contributed by atoms with van der Waals surface area (Å²) in [5.74, 6) is 0.851. The van der Waals surface area contributed by atoms with Crippen LogP contribution in [0.1, 0.15) is 5.56 Å². The molecule has 2 aromatic rings. The molecular weight excluding hydrogens is 256 g/mol. The average Bonchev–Trinajstić information content (AvgIpc) is 3.00. The number of rotatable bonds is 8. The molecule has 0 aliphatic rings. The highest BCUT2D eigenvalue weighted by Gasteiger charge is 2.08. The fraction of sp³-hybridized carbons (Fsp3) is 0.400. The number of hydrogen-bond acceptors (Lipinski definition) is 4. The predicted molar refractivity (Wildman–Crippen MR) is 75.7 cm³/mol. The summed E-state index contributed by atoms with van der Waals surface area (Å²) in [5.41, 5.74) is 1.11. The molecule has 108 valence electrons. The Bertz CT molecular complexity index is 482. The van der Waals surface area contributed by atoms with E-state index in [0.717, 1.165) is 17.9 Å². The van der Waals surface area contributed by atoms with E-state index < -0.39 is 0 Å². The zero-order valence-corrected chi connectivity index (χ0v) is 11.9. The second kappa shape index (κ2) is 7.67. The van der Waals surface area contributed by atoms with E-state index in [1.807, 2.05) is 35.0 Å². The molecule has 1 aromatic heterocycles. The number of imidazole rings is 1. The Morgan fingerprint density at radius 2 is 2.00 bits per heavy atom. The van der Waals surface area contributed by atoms with Gasteiger partial charge in [0.25, 0.3) is 0 Å². The van der Waals surface area contributed by atoms with Crippen molar-refractivity contribution in [3.05, 3.63) is 48.5 Å². The maximum absolute atomic E-state index is 5.70. The standard InChI is InChI=1S/C15H20N2O3/c1-18-14-5-3-13(4-6-14)10-20-11-15(19-2)9-17-8-7-16-12-17/h3-8,12,15H,9-11H2,1-2H3. The van der Waals surface area contributed by atoms with Crippen LogP contribution in [-0.4, -0.2) is 36.5 Å². The summed E-state index contributed by atoms with van der Waals surface area (Å²) in [6.07, 6.45) is 5.46. The highest BCUT2D eigenvalue weighted by atomic mass is 16.5. The lowest BCUT2D eigenvalue weighted by Crippen LogP contribution is -2.23. The molecule has 0 aliphatic carbocycles. The number of nitrogens with zero attached hydrogens (tertiary/aromatic N) is 2. The van der Waals surface area contributed by atoms with E-state index >= 15 is 0 Å². The minimum absolute atomic E-state index is 0.0162. The van der Waals surface area contributed by atoms with Crippen LogP contribution in [0.3, 0.4) is 0 Å². The van der Waals surface area contributed by atoms with Gasteiger partial charge in [0.2, 0.25) is 0 Å². The van der Waals surface area contributed by atoms with E-state index in [0.29, 0.717) is 13.2 Å². The molecule has 1 unspecified atom stereocenters. The quantitative estimate of drug-likeness (QED) is 0.741. The summed E-state index contributed by atoms with van der Waals surface area (Å²) < 4.78 is 18.2. The Hall–Kier alpha value is -1.85. The maximum Gasteiger partial charge on any atom is 0.118 e. The van der Waals surface area contributed by atoms with Crippen LogP contribution in [0.4, 0.5) is 0 Å². The van der Waals surface area contributed by atoms with Gasteiger partial charge in [0.15, 0.2) is 0 Å². The van der Waals surface area contributed by atoms with E-state index in [1.54, 1.807) is 26.7 Å². The minimum atomic E-state index is 0.0162. The third-order valence-electron chi connectivity index (χ3n) is 3.04. The van der Waals surface area contributed by atoms with E-state index in [2.05, 4.69) is 4.98 Å². The van der Waals surface area contributed by atoms with Gasteiger partial charge in [-0.25, -0.2) is 4.98 Å². The number of benzene rings is 1. The van der Waals surface area contributed by atoms with Gasteiger partial charge in [-0.1, -0.05) is 12.1 Å². The molecule has 0 N–H and O–H groups in total. The minimum Gasteiger partial charge on any atom is -0.497 e. The topological polar surface area (TPSA) is 45.5 Å². The number of methoxy groups -OCH3 is 2. The van der Waals surface area contributed by atoms with E-state index in [1.165, 1.54) is 0 Å². The first-order valence-corrected chi connectivity index (χ1v) is 6.51. The molecule has 0 saturated heterocycles. The van der Waals surface area contributed by atoms with Crippen molar-refractivity contribution in [2.75, 3.05) is 20.8 Å². The van der Waals surface area contributed by atoms with Crippen LogP contribution in [0.2, 0.25) is 0 Å². The van der Waals surface area contributed by atoms with Crippen LogP contribution in [0, 0.1) is 0 Å². The van der Waals surface area contributed by atoms with Crippen molar-refractivity contribution in [3.63, 3.8) is 0 Å². The molecule has 2 rings (SSSR count). The smallest absolute Gasteiger partial charge is 0.118 e. The predicted octanol–water partition coefficient (Wildman–Crippen LogP) is 2.12. The van der Waals surface area contributed by atoms with Crippen LogP contribution in [0.15, 0.2) is 43.0 Å². The molecule has 0 amide bonds. The Morgan fingerprint density at radius 3 is 2.60 bits per heavy atom. The number of ether oxygens (including phenoxy) is 3. The Morgan fingerprint density at radius 1 is 1.20 bits per heavy atom. The van der Waals surface area contributed by atoms with E-state index in [-0.39, 0.29) is 6.10 Å². The summed E-state index contributed by atoms with van der Waals surface area (Å²) in [5, 5.41) is 0. The average molecular weight is 276 g/mol. The first kappa shape index (κ1) is 14.6. The monoisotopic (exact) mass is 276 g/mol. The molecule has 5 heteroatoms. The molecule has 0 aliphatic heterocycles. The van der Waals surface area contributed by atoms with Gasteiger partial charge >= 0.3 is 0 Å².